The number of anilines is 3. The van der Waals surface area contributed by atoms with Gasteiger partial charge in [-0.05, 0) is 116 Å². The van der Waals surface area contributed by atoms with Crippen LogP contribution in [0.3, 0.4) is 0 Å². The number of hydrogen-bond donors (Lipinski definition) is 0. The molecular weight excluding hydrogens is 695 g/mol. The van der Waals surface area contributed by atoms with Crippen molar-refractivity contribution in [2.24, 2.45) is 0 Å². The van der Waals surface area contributed by atoms with Crippen molar-refractivity contribution in [2.75, 3.05) is 4.90 Å². The Labute approximate surface area is 331 Å². The maximum absolute atomic E-state index is 6.66. The van der Waals surface area contributed by atoms with E-state index in [1.807, 2.05) is 6.07 Å². The Morgan fingerprint density at radius 1 is 0.404 bits per heavy atom. The van der Waals surface area contributed by atoms with E-state index in [1.54, 1.807) is 0 Å². The van der Waals surface area contributed by atoms with Crippen LogP contribution in [0.4, 0.5) is 17.1 Å². The number of rotatable bonds is 7. The zero-order valence-electron chi connectivity index (χ0n) is 31.2. The average Bonchev–Trinajstić information content (AvgIpc) is 3.89. The van der Waals surface area contributed by atoms with E-state index in [2.05, 4.69) is 205 Å². The fourth-order valence-corrected chi connectivity index (χ4v) is 8.45. The van der Waals surface area contributed by atoms with Gasteiger partial charge in [-0.1, -0.05) is 146 Å². The van der Waals surface area contributed by atoms with Crippen LogP contribution in [0, 0.1) is 0 Å². The molecule has 0 aliphatic carbocycles. The number of furan rings is 1. The van der Waals surface area contributed by atoms with Gasteiger partial charge in [0.15, 0.2) is 0 Å². The predicted octanol–water partition coefficient (Wildman–Crippen LogP) is 14.9. The Balaban J connectivity index is 0.947. The maximum atomic E-state index is 6.66. The van der Waals surface area contributed by atoms with Crippen LogP contribution < -0.4 is 9.64 Å². The van der Waals surface area contributed by atoms with E-state index in [0.29, 0.717) is 0 Å². The van der Waals surface area contributed by atoms with Crippen molar-refractivity contribution >= 4 is 49.8 Å². The lowest BCUT2D eigenvalue weighted by Gasteiger charge is -2.26. The smallest absolute Gasteiger partial charge is 0.139 e. The van der Waals surface area contributed by atoms with E-state index in [0.717, 1.165) is 62.3 Å². The van der Waals surface area contributed by atoms with Crippen molar-refractivity contribution in [3.63, 3.8) is 0 Å². The molecule has 1 aliphatic heterocycles. The summed E-state index contributed by atoms with van der Waals surface area (Å²) in [4.78, 5) is 2.33. The Morgan fingerprint density at radius 2 is 0.912 bits per heavy atom. The molecule has 1 aliphatic rings. The highest BCUT2D eigenvalue weighted by Gasteiger charge is 2.28. The Hall–Kier alpha value is -7.36. The first-order valence-corrected chi connectivity index (χ1v) is 19.6. The average molecular weight is 732 g/mol. The number of hydrogen-bond acceptors (Lipinski definition) is 3. The first-order valence-electron chi connectivity index (χ1n) is 19.6. The van der Waals surface area contributed by atoms with Gasteiger partial charge in [0.25, 0.3) is 0 Å². The minimum absolute atomic E-state index is 0.000138. The quantitative estimate of drug-likeness (QED) is 0.163. The van der Waals surface area contributed by atoms with E-state index >= 15 is 0 Å². The van der Waals surface area contributed by atoms with Gasteiger partial charge in [-0.25, -0.2) is 0 Å². The first-order chi connectivity index (χ1) is 28.2. The summed E-state index contributed by atoms with van der Waals surface area (Å²) in [5.74, 6) is 0.938. The van der Waals surface area contributed by atoms with Crippen molar-refractivity contribution in [1.29, 1.82) is 0 Å². The molecule has 10 aromatic rings. The van der Waals surface area contributed by atoms with Crippen LogP contribution >= 0.6 is 0 Å². The van der Waals surface area contributed by atoms with Crippen molar-refractivity contribution in [3.05, 3.63) is 217 Å². The summed E-state index contributed by atoms with van der Waals surface area (Å²) in [5, 5.41) is 4.62. The molecule has 1 aromatic heterocycles. The van der Waals surface area contributed by atoms with E-state index in [1.165, 1.54) is 44.2 Å². The molecule has 3 nitrogen and oxygen atoms in total. The van der Waals surface area contributed by atoms with E-state index in [4.69, 9.17) is 9.15 Å². The van der Waals surface area contributed by atoms with Crippen LogP contribution in [-0.2, 0) is 6.42 Å². The van der Waals surface area contributed by atoms with Gasteiger partial charge in [-0.2, -0.15) is 0 Å². The Kier molecular flexibility index (Phi) is 7.96. The van der Waals surface area contributed by atoms with Crippen molar-refractivity contribution in [1.82, 2.24) is 0 Å². The molecule has 0 spiro atoms. The van der Waals surface area contributed by atoms with Crippen molar-refractivity contribution in [2.45, 2.75) is 12.5 Å². The minimum atomic E-state index is -0.000138. The van der Waals surface area contributed by atoms with Gasteiger partial charge >= 0.3 is 0 Å². The standard InChI is InChI=1S/C54H37NO2/c1-3-9-36(10-4-1)38-17-25-46(26-18-38)55(47-27-19-39(20-28-47)43-16-15-37-11-7-8-14-42(37)33-43)48-29-21-40(22-30-48)44-23-31-50-49(34-44)53-51(56-50)32-24-45-35-52(57-54(45)53)41-12-5-2-6-13-41/h1-34,52H,35H2. The summed E-state index contributed by atoms with van der Waals surface area (Å²) >= 11 is 0. The van der Waals surface area contributed by atoms with Crippen molar-refractivity contribution in [3.8, 4) is 39.1 Å². The number of fused-ring (bicyclic) bond motifs is 6. The lowest BCUT2D eigenvalue weighted by Crippen LogP contribution is -2.09. The SMILES string of the molecule is c1ccc(-c2ccc(N(c3ccc(-c4ccc5ccccc5c4)cc3)c3ccc(-c4ccc5oc6ccc7c(c6c5c4)OC(c4ccccc4)C7)cc3)cc2)cc1. The lowest BCUT2D eigenvalue weighted by atomic mass is 9.99. The molecule has 0 saturated heterocycles. The van der Waals surface area contributed by atoms with Crippen LogP contribution in [0.15, 0.2) is 211 Å². The summed E-state index contributed by atoms with van der Waals surface area (Å²) in [6.45, 7) is 0. The highest BCUT2D eigenvalue weighted by Crippen LogP contribution is 2.46. The van der Waals surface area contributed by atoms with Crippen molar-refractivity contribution < 1.29 is 9.15 Å². The second kappa shape index (κ2) is 13.7. The van der Waals surface area contributed by atoms with Gasteiger partial charge in [-0.15, -0.1) is 0 Å². The molecule has 1 unspecified atom stereocenters. The van der Waals surface area contributed by atoms with E-state index < -0.39 is 0 Å². The third kappa shape index (κ3) is 6.01. The Bertz CT molecular complexity index is 3040. The zero-order chi connectivity index (χ0) is 37.7. The molecule has 270 valence electrons. The van der Waals surface area contributed by atoms with Gasteiger partial charge in [0, 0.05) is 28.9 Å². The van der Waals surface area contributed by atoms with E-state index in [-0.39, 0.29) is 6.10 Å². The van der Waals surface area contributed by atoms with Crippen LogP contribution in [-0.4, -0.2) is 0 Å². The molecule has 1 atom stereocenters. The molecule has 0 bridgehead atoms. The molecule has 0 N–H and O–H groups in total. The largest absolute Gasteiger partial charge is 0.484 e. The topological polar surface area (TPSA) is 25.6 Å². The molecule has 0 fully saturated rings. The summed E-state index contributed by atoms with van der Waals surface area (Å²) in [5.41, 5.74) is 14.4. The molecule has 0 saturated carbocycles. The second-order valence-electron chi connectivity index (χ2n) is 14.9. The molecule has 11 rings (SSSR count). The second-order valence-corrected chi connectivity index (χ2v) is 14.9. The molecular formula is C54H37NO2. The third-order valence-electron chi connectivity index (χ3n) is 11.4. The molecule has 0 radical (unpaired) electrons. The fraction of sp³-hybridized carbons (Fsp3) is 0.0370. The van der Waals surface area contributed by atoms with Gasteiger partial charge in [-0.3, -0.25) is 0 Å². The maximum Gasteiger partial charge on any atom is 0.139 e. The first kappa shape index (κ1) is 33.0. The monoisotopic (exact) mass is 731 g/mol. The minimum Gasteiger partial charge on any atom is -0.484 e. The number of ether oxygens (including phenoxy) is 1. The third-order valence-corrected chi connectivity index (χ3v) is 11.4. The zero-order valence-corrected chi connectivity index (χ0v) is 31.2. The van der Waals surface area contributed by atoms with Crippen LogP contribution in [0.25, 0.3) is 66.1 Å². The predicted molar refractivity (Wildman–Crippen MR) is 236 cm³/mol. The normalized spacial score (nSPS) is 13.5. The van der Waals surface area contributed by atoms with Gasteiger partial charge in [0.05, 0.1) is 5.39 Å². The van der Waals surface area contributed by atoms with Crippen LogP contribution in [0.2, 0.25) is 0 Å². The number of benzene rings is 9. The highest BCUT2D eigenvalue weighted by molar-refractivity contribution is 6.10. The summed E-state index contributed by atoms with van der Waals surface area (Å²) in [6.07, 6.45) is 0.848. The Morgan fingerprint density at radius 3 is 1.58 bits per heavy atom. The number of nitrogens with zero attached hydrogens (tertiary/aromatic N) is 1. The molecule has 57 heavy (non-hydrogen) atoms. The van der Waals surface area contributed by atoms with Crippen LogP contribution in [0.1, 0.15) is 17.2 Å². The lowest BCUT2D eigenvalue weighted by molar-refractivity contribution is 0.241. The fourth-order valence-electron chi connectivity index (χ4n) is 8.45. The van der Waals surface area contributed by atoms with Gasteiger partial charge < -0.3 is 14.1 Å². The van der Waals surface area contributed by atoms with Gasteiger partial charge in [0.2, 0.25) is 0 Å². The molecule has 2 heterocycles. The molecule has 9 aromatic carbocycles. The van der Waals surface area contributed by atoms with Gasteiger partial charge in [0.1, 0.15) is 23.0 Å². The summed E-state index contributed by atoms with van der Waals surface area (Å²) in [7, 11) is 0. The molecule has 0 amide bonds. The summed E-state index contributed by atoms with van der Waals surface area (Å²) < 4.78 is 13.0. The van der Waals surface area contributed by atoms with Crippen LogP contribution in [0.5, 0.6) is 5.75 Å². The molecule has 3 heteroatoms. The summed E-state index contributed by atoms with van der Waals surface area (Å²) in [6, 6.07) is 73.6. The highest BCUT2D eigenvalue weighted by atomic mass is 16.5. The van der Waals surface area contributed by atoms with E-state index in [9.17, 15) is 0 Å².